The first-order valence-electron chi connectivity index (χ1n) is 17.5. The van der Waals surface area contributed by atoms with E-state index in [1.54, 1.807) is 0 Å². The van der Waals surface area contributed by atoms with Crippen LogP contribution in [0.25, 0.3) is 0 Å². The highest BCUT2D eigenvalue weighted by molar-refractivity contribution is 5.80. The fourth-order valence-corrected chi connectivity index (χ4v) is 5.30. The SMILES string of the molecule is CCCCCCCCCCC/C=C\CCCCCCC(O)C(=O)NC(CO)C(O)CCCCCCCCCCC. The summed E-state index contributed by atoms with van der Waals surface area (Å²) >= 11 is 0. The summed E-state index contributed by atoms with van der Waals surface area (Å²) in [5.74, 6) is -0.482. The molecule has 3 unspecified atom stereocenters. The summed E-state index contributed by atoms with van der Waals surface area (Å²) in [4.78, 5) is 12.4. The predicted octanol–water partition coefficient (Wildman–Crippen LogP) is 8.92. The van der Waals surface area contributed by atoms with Crippen LogP contribution in [0.15, 0.2) is 12.2 Å². The zero-order valence-corrected chi connectivity index (χ0v) is 26.7. The Morgan fingerprint density at radius 2 is 0.950 bits per heavy atom. The third-order valence-electron chi connectivity index (χ3n) is 8.13. The van der Waals surface area contributed by atoms with Gasteiger partial charge in [-0.05, 0) is 38.5 Å². The van der Waals surface area contributed by atoms with Gasteiger partial charge in [-0.1, -0.05) is 154 Å². The van der Waals surface area contributed by atoms with Gasteiger partial charge in [-0.25, -0.2) is 0 Å². The van der Waals surface area contributed by atoms with Crippen molar-refractivity contribution in [3.8, 4) is 0 Å². The standard InChI is InChI=1S/C35H69NO4/c1-3-5-7-9-11-13-14-15-16-17-18-19-20-22-24-26-28-30-34(39)35(40)36-32(31-37)33(38)29-27-25-23-21-12-10-8-6-4-2/h18-19,32-34,37-39H,3-17,20-31H2,1-2H3,(H,36,40)/b19-18-. The molecule has 0 aliphatic heterocycles. The van der Waals surface area contributed by atoms with Crippen molar-refractivity contribution in [1.82, 2.24) is 5.32 Å². The number of carbonyl (C=O) groups is 1. The van der Waals surface area contributed by atoms with Crippen LogP contribution in [0.4, 0.5) is 0 Å². The molecule has 0 radical (unpaired) electrons. The Morgan fingerprint density at radius 3 is 1.38 bits per heavy atom. The van der Waals surface area contributed by atoms with Gasteiger partial charge in [-0.3, -0.25) is 4.79 Å². The number of amides is 1. The summed E-state index contributed by atoms with van der Waals surface area (Å²) in [6, 6.07) is -0.710. The molecule has 0 aromatic carbocycles. The molecular weight excluding hydrogens is 498 g/mol. The van der Waals surface area contributed by atoms with Gasteiger partial charge in [0.05, 0.1) is 18.8 Å². The van der Waals surface area contributed by atoms with Gasteiger partial charge in [0.25, 0.3) is 0 Å². The van der Waals surface area contributed by atoms with Gasteiger partial charge < -0.3 is 20.6 Å². The monoisotopic (exact) mass is 568 g/mol. The number of aliphatic hydroxyl groups is 3. The molecule has 5 heteroatoms. The number of hydrogen-bond donors (Lipinski definition) is 4. The molecule has 4 N–H and O–H groups in total. The molecule has 0 heterocycles. The lowest BCUT2D eigenvalue weighted by Gasteiger charge is -2.23. The van der Waals surface area contributed by atoms with E-state index in [0.29, 0.717) is 12.8 Å². The van der Waals surface area contributed by atoms with Gasteiger partial charge in [0.2, 0.25) is 5.91 Å². The molecule has 0 aromatic heterocycles. The van der Waals surface area contributed by atoms with Gasteiger partial charge in [-0.15, -0.1) is 0 Å². The van der Waals surface area contributed by atoms with Crippen molar-refractivity contribution in [3.05, 3.63) is 12.2 Å². The molecule has 0 saturated heterocycles. The van der Waals surface area contributed by atoms with E-state index in [9.17, 15) is 20.1 Å². The topological polar surface area (TPSA) is 89.8 Å². The van der Waals surface area contributed by atoms with Crippen LogP contribution in [0.1, 0.15) is 181 Å². The highest BCUT2D eigenvalue weighted by Gasteiger charge is 2.23. The summed E-state index contributed by atoms with van der Waals surface area (Å²) in [5.41, 5.74) is 0. The Labute approximate surface area is 249 Å². The molecule has 0 aromatic rings. The Kier molecular flexibility index (Phi) is 30.3. The zero-order valence-electron chi connectivity index (χ0n) is 26.7. The van der Waals surface area contributed by atoms with E-state index in [0.717, 1.165) is 44.9 Å². The van der Waals surface area contributed by atoms with Gasteiger partial charge >= 0.3 is 0 Å². The van der Waals surface area contributed by atoms with Crippen molar-refractivity contribution in [2.75, 3.05) is 6.61 Å². The van der Waals surface area contributed by atoms with Gasteiger partial charge in [0.15, 0.2) is 0 Å². The molecular formula is C35H69NO4. The van der Waals surface area contributed by atoms with Gasteiger partial charge in [-0.2, -0.15) is 0 Å². The molecule has 0 aliphatic carbocycles. The van der Waals surface area contributed by atoms with Gasteiger partial charge in [0.1, 0.15) is 6.10 Å². The lowest BCUT2D eigenvalue weighted by Crippen LogP contribution is -2.49. The average Bonchev–Trinajstić information content (AvgIpc) is 2.96. The lowest BCUT2D eigenvalue weighted by molar-refractivity contribution is -0.131. The zero-order chi connectivity index (χ0) is 29.5. The summed E-state index contributed by atoms with van der Waals surface area (Å²) in [5, 5.41) is 32.9. The lowest BCUT2D eigenvalue weighted by atomic mass is 10.0. The maximum atomic E-state index is 12.4. The minimum atomic E-state index is -1.08. The van der Waals surface area contributed by atoms with E-state index >= 15 is 0 Å². The maximum Gasteiger partial charge on any atom is 0.249 e. The first-order chi connectivity index (χ1) is 19.6. The fraction of sp³-hybridized carbons (Fsp3) is 0.914. The second-order valence-electron chi connectivity index (χ2n) is 12.1. The number of hydrogen-bond acceptors (Lipinski definition) is 4. The van der Waals surface area contributed by atoms with Crippen LogP contribution in [0.3, 0.4) is 0 Å². The number of unbranched alkanes of at least 4 members (excludes halogenated alkanes) is 21. The summed E-state index contributed by atoms with van der Waals surface area (Å²) < 4.78 is 0. The number of allylic oxidation sites excluding steroid dienone is 2. The van der Waals surface area contributed by atoms with Crippen LogP contribution in [-0.2, 0) is 4.79 Å². The average molecular weight is 568 g/mol. The minimum Gasteiger partial charge on any atom is -0.394 e. The predicted molar refractivity (Wildman–Crippen MR) is 172 cm³/mol. The third-order valence-corrected chi connectivity index (χ3v) is 8.13. The summed E-state index contributed by atoms with van der Waals surface area (Å²) in [6.45, 7) is 4.18. The number of aliphatic hydroxyl groups excluding tert-OH is 3. The maximum absolute atomic E-state index is 12.4. The molecule has 3 atom stereocenters. The van der Waals surface area contributed by atoms with Crippen LogP contribution >= 0.6 is 0 Å². The molecule has 0 rings (SSSR count). The summed E-state index contributed by atoms with van der Waals surface area (Å²) in [7, 11) is 0. The molecule has 1 amide bonds. The third kappa shape index (κ3) is 26.0. The van der Waals surface area contributed by atoms with Crippen LogP contribution in [0.5, 0.6) is 0 Å². The van der Waals surface area contributed by atoms with Crippen molar-refractivity contribution in [3.63, 3.8) is 0 Å². The van der Waals surface area contributed by atoms with Crippen LogP contribution in [0, 0.1) is 0 Å². The van der Waals surface area contributed by atoms with Crippen molar-refractivity contribution < 1.29 is 20.1 Å². The molecule has 0 fully saturated rings. The summed E-state index contributed by atoms with van der Waals surface area (Å²) in [6.07, 6.45) is 33.4. The largest absolute Gasteiger partial charge is 0.394 e. The van der Waals surface area contributed by atoms with E-state index in [-0.39, 0.29) is 6.61 Å². The smallest absolute Gasteiger partial charge is 0.249 e. The minimum absolute atomic E-state index is 0.316. The van der Waals surface area contributed by atoms with E-state index in [1.807, 2.05) is 0 Å². The fourth-order valence-electron chi connectivity index (χ4n) is 5.30. The highest BCUT2D eigenvalue weighted by Crippen LogP contribution is 2.14. The second-order valence-corrected chi connectivity index (χ2v) is 12.1. The van der Waals surface area contributed by atoms with Crippen LogP contribution in [0.2, 0.25) is 0 Å². The highest BCUT2D eigenvalue weighted by atomic mass is 16.3. The molecule has 5 nitrogen and oxygen atoms in total. The quantitative estimate of drug-likeness (QED) is 0.0497. The number of carbonyl (C=O) groups excluding carboxylic acids is 1. The Hall–Kier alpha value is -0.910. The Bertz CT molecular complexity index is 554. The van der Waals surface area contributed by atoms with Crippen molar-refractivity contribution in [1.29, 1.82) is 0 Å². The molecule has 238 valence electrons. The van der Waals surface area contributed by atoms with Crippen LogP contribution in [-0.4, -0.2) is 46.1 Å². The van der Waals surface area contributed by atoms with Crippen molar-refractivity contribution in [2.45, 2.75) is 199 Å². The Morgan fingerprint density at radius 1 is 0.575 bits per heavy atom. The Balaban J connectivity index is 3.69. The molecule has 0 bridgehead atoms. The molecule has 40 heavy (non-hydrogen) atoms. The first kappa shape index (κ1) is 39.1. The number of nitrogens with one attached hydrogen (secondary N) is 1. The normalized spacial score (nSPS) is 14.0. The van der Waals surface area contributed by atoms with E-state index in [2.05, 4.69) is 31.3 Å². The first-order valence-corrected chi connectivity index (χ1v) is 17.5. The van der Waals surface area contributed by atoms with Crippen molar-refractivity contribution >= 4 is 5.91 Å². The van der Waals surface area contributed by atoms with E-state index in [4.69, 9.17) is 0 Å². The van der Waals surface area contributed by atoms with Crippen LogP contribution < -0.4 is 5.32 Å². The molecule has 0 spiro atoms. The van der Waals surface area contributed by atoms with E-state index < -0.39 is 24.2 Å². The van der Waals surface area contributed by atoms with Crippen molar-refractivity contribution in [2.24, 2.45) is 0 Å². The second kappa shape index (κ2) is 31.0. The molecule has 0 saturated carbocycles. The number of rotatable bonds is 31. The molecule has 0 aliphatic rings. The van der Waals surface area contributed by atoms with Gasteiger partial charge in [0, 0.05) is 0 Å². The van der Waals surface area contributed by atoms with E-state index in [1.165, 1.54) is 109 Å².